The highest BCUT2D eigenvalue weighted by Gasteiger charge is 2.03. The molecule has 0 atom stereocenters. The van der Waals surface area contributed by atoms with Crippen LogP contribution in [0.4, 0.5) is 4.39 Å². The topological polar surface area (TPSA) is 43.8 Å². The Balaban J connectivity index is 2.04. The summed E-state index contributed by atoms with van der Waals surface area (Å²) in [6.07, 6.45) is 5.64. The third-order valence-electron chi connectivity index (χ3n) is 2.65. The molecule has 2 aromatic rings. The van der Waals surface area contributed by atoms with Crippen molar-refractivity contribution >= 4 is 0 Å². The van der Waals surface area contributed by atoms with Crippen molar-refractivity contribution in [3.8, 4) is 0 Å². The molecule has 0 spiro atoms. The van der Waals surface area contributed by atoms with Gasteiger partial charge in [0.2, 0.25) is 0 Å². The fourth-order valence-electron chi connectivity index (χ4n) is 1.73. The summed E-state index contributed by atoms with van der Waals surface area (Å²) in [7, 11) is 0. The van der Waals surface area contributed by atoms with Crippen molar-refractivity contribution in [2.75, 3.05) is 6.54 Å². The maximum Gasteiger partial charge on any atom is 0.128 e. The molecule has 0 saturated heterocycles. The van der Waals surface area contributed by atoms with Gasteiger partial charge in [-0.25, -0.2) is 4.39 Å². The number of aryl methyl sites for hydroxylation is 1. The van der Waals surface area contributed by atoms with Crippen LogP contribution in [-0.2, 0) is 13.0 Å². The van der Waals surface area contributed by atoms with Gasteiger partial charge in [0.25, 0.3) is 0 Å². The second-order valence-corrected chi connectivity index (χ2v) is 4.03. The highest BCUT2D eigenvalue weighted by molar-refractivity contribution is 5.18. The highest BCUT2D eigenvalue weighted by atomic mass is 19.1. The van der Waals surface area contributed by atoms with Gasteiger partial charge in [-0.3, -0.25) is 4.68 Å². The van der Waals surface area contributed by atoms with Gasteiger partial charge in [0.1, 0.15) is 5.82 Å². The van der Waals surface area contributed by atoms with Gasteiger partial charge in [0, 0.05) is 11.8 Å². The maximum absolute atomic E-state index is 13.4. The summed E-state index contributed by atoms with van der Waals surface area (Å²) in [5.74, 6) is -0.188. The first-order valence-corrected chi connectivity index (χ1v) is 5.74. The van der Waals surface area contributed by atoms with Crippen molar-refractivity contribution in [3.05, 3.63) is 53.6 Å². The lowest BCUT2D eigenvalue weighted by Gasteiger charge is -2.02. The number of nitrogens with zero attached hydrogens (tertiary/aromatic N) is 2. The largest absolute Gasteiger partial charge is 0.330 e. The van der Waals surface area contributed by atoms with E-state index in [0.717, 1.165) is 18.4 Å². The van der Waals surface area contributed by atoms with Crippen molar-refractivity contribution in [2.24, 2.45) is 5.73 Å². The average molecular weight is 233 g/mol. The van der Waals surface area contributed by atoms with Crippen LogP contribution in [0.2, 0.25) is 0 Å². The third kappa shape index (κ3) is 3.14. The van der Waals surface area contributed by atoms with E-state index in [1.807, 2.05) is 18.5 Å². The molecular weight excluding hydrogens is 217 g/mol. The first kappa shape index (κ1) is 11.8. The van der Waals surface area contributed by atoms with Gasteiger partial charge in [0.15, 0.2) is 0 Å². The van der Waals surface area contributed by atoms with Crippen LogP contribution >= 0.6 is 0 Å². The average Bonchev–Trinajstić information content (AvgIpc) is 2.77. The molecule has 0 aliphatic carbocycles. The van der Waals surface area contributed by atoms with Crippen molar-refractivity contribution in [1.82, 2.24) is 9.78 Å². The quantitative estimate of drug-likeness (QED) is 0.858. The summed E-state index contributed by atoms with van der Waals surface area (Å²) in [6, 6.07) is 6.76. The summed E-state index contributed by atoms with van der Waals surface area (Å²) in [4.78, 5) is 0. The molecule has 0 amide bonds. The second-order valence-electron chi connectivity index (χ2n) is 4.03. The molecule has 0 saturated carbocycles. The van der Waals surface area contributed by atoms with E-state index >= 15 is 0 Å². The number of aromatic nitrogens is 2. The molecule has 0 bridgehead atoms. The maximum atomic E-state index is 13.4. The molecule has 3 nitrogen and oxygen atoms in total. The number of hydrogen-bond donors (Lipinski definition) is 1. The summed E-state index contributed by atoms with van der Waals surface area (Å²) >= 11 is 0. The van der Waals surface area contributed by atoms with E-state index in [1.54, 1.807) is 16.8 Å². The summed E-state index contributed by atoms with van der Waals surface area (Å²) in [6.45, 7) is 1.15. The van der Waals surface area contributed by atoms with E-state index in [4.69, 9.17) is 5.73 Å². The van der Waals surface area contributed by atoms with Crippen LogP contribution in [0.25, 0.3) is 0 Å². The van der Waals surface area contributed by atoms with Gasteiger partial charge < -0.3 is 5.73 Å². The Morgan fingerprint density at radius 2 is 2.12 bits per heavy atom. The van der Waals surface area contributed by atoms with Gasteiger partial charge in [-0.15, -0.1) is 0 Å². The second kappa shape index (κ2) is 5.59. The zero-order valence-electron chi connectivity index (χ0n) is 9.64. The lowest BCUT2D eigenvalue weighted by Crippen LogP contribution is -2.02. The number of halogens is 1. The van der Waals surface area contributed by atoms with Gasteiger partial charge in [-0.1, -0.05) is 18.2 Å². The lowest BCUT2D eigenvalue weighted by atomic mass is 10.2. The molecule has 17 heavy (non-hydrogen) atoms. The monoisotopic (exact) mass is 233 g/mol. The van der Waals surface area contributed by atoms with Crippen molar-refractivity contribution in [1.29, 1.82) is 0 Å². The van der Waals surface area contributed by atoms with Crippen LogP contribution in [0.1, 0.15) is 17.5 Å². The smallest absolute Gasteiger partial charge is 0.128 e. The fourth-order valence-corrected chi connectivity index (χ4v) is 1.73. The SMILES string of the molecule is NCCCc1cnn(Cc2ccccc2F)c1. The molecule has 90 valence electrons. The Hall–Kier alpha value is -1.68. The fraction of sp³-hybridized carbons (Fsp3) is 0.308. The first-order chi connectivity index (χ1) is 8.29. The minimum atomic E-state index is -0.188. The lowest BCUT2D eigenvalue weighted by molar-refractivity contribution is 0.585. The van der Waals surface area contributed by atoms with Gasteiger partial charge in [-0.2, -0.15) is 5.10 Å². The first-order valence-electron chi connectivity index (χ1n) is 5.74. The number of hydrogen-bond acceptors (Lipinski definition) is 2. The Bertz CT molecular complexity index is 479. The number of benzene rings is 1. The summed E-state index contributed by atoms with van der Waals surface area (Å²) < 4.78 is 15.2. The Labute approximate surface area is 100 Å². The third-order valence-corrected chi connectivity index (χ3v) is 2.65. The van der Waals surface area contributed by atoms with Crippen molar-refractivity contribution < 1.29 is 4.39 Å². The molecule has 1 aromatic heterocycles. The molecule has 2 N–H and O–H groups in total. The van der Waals surface area contributed by atoms with E-state index < -0.39 is 0 Å². The van der Waals surface area contributed by atoms with Crippen LogP contribution in [0.5, 0.6) is 0 Å². The number of nitrogens with two attached hydrogens (primary N) is 1. The molecular formula is C13H16FN3. The molecule has 0 fully saturated rings. The minimum absolute atomic E-state index is 0.188. The van der Waals surface area contributed by atoms with Crippen LogP contribution in [-0.4, -0.2) is 16.3 Å². The number of rotatable bonds is 5. The molecule has 0 aliphatic rings. The Kier molecular flexibility index (Phi) is 3.88. The van der Waals surface area contributed by atoms with Crippen LogP contribution < -0.4 is 5.73 Å². The predicted molar refractivity (Wildman–Crippen MR) is 65.1 cm³/mol. The Morgan fingerprint density at radius 3 is 2.88 bits per heavy atom. The van der Waals surface area contributed by atoms with Crippen LogP contribution in [0, 0.1) is 5.82 Å². The summed E-state index contributed by atoms with van der Waals surface area (Å²) in [5, 5.41) is 4.21. The predicted octanol–water partition coefficient (Wildman–Crippen LogP) is 1.96. The highest BCUT2D eigenvalue weighted by Crippen LogP contribution is 2.09. The molecule has 0 radical (unpaired) electrons. The van der Waals surface area contributed by atoms with E-state index in [0.29, 0.717) is 18.7 Å². The van der Waals surface area contributed by atoms with Gasteiger partial charge in [0.05, 0.1) is 12.7 Å². The van der Waals surface area contributed by atoms with Crippen molar-refractivity contribution in [2.45, 2.75) is 19.4 Å². The van der Waals surface area contributed by atoms with Crippen molar-refractivity contribution in [3.63, 3.8) is 0 Å². The Morgan fingerprint density at radius 1 is 1.29 bits per heavy atom. The minimum Gasteiger partial charge on any atom is -0.330 e. The standard InChI is InChI=1S/C13H16FN3/c14-13-6-2-1-5-12(13)10-17-9-11(8-16-17)4-3-7-15/h1-2,5-6,8-9H,3-4,7,10,15H2. The molecule has 0 unspecified atom stereocenters. The van der Waals surface area contributed by atoms with Crippen LogP contribution in [0.15, 0.2) is 36.7 Å². The van der Waals surface area contributed by atoms with E-state index in [9.17, 15) is 4.39 Å². The molecule has 1 heterocycles. The van der Waals surface area contributed by atoms with Gasteiger partial charge >= 0.3 is 0 Å². The molecule has 4 heteroatoms. The molecule has 0 aliphatic heterocycles. The van der Waals surface area contributed by atoms with E-state index in [-0.39, 0.29) is 5.82 Å². The van der Waals surface area contributed by atoms with Crippen LogP contribution in [0.3, 0.4) is 0 Å². The zero-order valence-corrected chi connectivity index (χ0v) is 9.64. The summed E-state index contributed by atoms with van der Waals surface area (Å²) in [5.41, 5.74) is 7.25. The van der Waals surface area contributed by atoms with E-state index in [1.165, 1.54) is 6.07 Å². The van der Waals surface area contributed by atoms with E-state index in [2.05, 4.69) is 5.10 Å². The zero-order chi connectivity index (χ0) is 12.1. The van der Waals surface area contributed by atoms with Gasteiger partial charge in [-0.05, 0) is 31.0 Å². The normalized spacial score (nSPS) is 10.7. The molecule has 1 aromatic carbocycles. The molecule has 2 rings (SSSR count).